The smallest absolute Gasteiger partial charge is 0.280 e. The molecule has 0 fully saturated rings. The van der Waals surface area contributed by atoms with E-state index in [4.69, 9.17) is 4.99 Å². The lowest BCUT2D eigenvalue weighted by Gasteiger charge is -2.30. The molecule has 308 valence electrons. The Bertz CT molecular complexity index is 3260. The number of thiophene rings is 1. The lowest BCUT2D eigenvalue weighted by molar-refractivity contribution is -0.664. The second-order valence-electron chi connectivity index (χ2n) is 18.0. The van der Waals surface area contributed by atoms with Gasteiger partial charge in [-0.2, -0.15) is 4.57 Å². The Morgan fingerprint density at radius 3 is 2.11 bits per heavy atom. The third kappa shape index (κ3) is 6.62. The Morgan fingerprint density at radius 1 is 0.683 bits per heavy atom. The molecule has 7 aromatic carbocycles. The molecule has 0 saturated heterocycles. The molecule has 0 saturated carbocycles. The van der Waals surface area contributed by atoms with Crippen LogP contribution in [0.25, 0.3) is 70.5 Å². The van der Waals surface area contributed by atoms with Crippen LogP contribution in [0.3, 0.4) is 0 Å². The topological polar surface area (TPSA) is 21.2 Å². The molecular weight excluding hydrogens is 783 g/mol. The van der Waals surface area contributed by atoms with Crippen molar-refractivity contribution in [2.75, 3.05) is 0 Å². The highest BCUT2D eigenvalue weighted by Crippen LogP contribution is 2.46. The first-order valence-corrected chi connectivity index (χ1v) is 23.4. The lowest BCUT2D eigenvalue weighted by Crippen LogP contribution is -2.43. The maximum absolute atomic E-state index is 5.47. The number of hydrogen-bond donors (Lipinski definition) is 0. The van der Waals surface area contributed by atoms with E-state index in [0.29, 0.717) is 11.8 Å². The average Bonchev–Trinajstić information content (AvgIpc) is 3.84. The predicted molar refractivity (Wildman–Crippen MR) is 268 cm³/mol. The zero-order chi connectivity index (χ0) is 42.8. The minimum Gasteiger partial charge on any atom is -0.280 e. The summed E-state index contributed by atoms with van der Waals surface area (Å²) in [7, 11) is 0. The summed E-state index contributed by atoms with van der Waals surface area (Å²) in [5.41, 5.74) is 17.7. The fraction of sp³-hybridized carbons (Fsp3) is 0.186. The van der Waals surface area contributed by atoms with Crippen molar-refractivity contribution in [3.63, 3.8) is 0 Å². The lowest BCUT2D eigenvalue weighted by atomic mass is 9.82. The second kappa shape index (κ2) is 15.9. The number of benzene rings is 7. The molecule has 4 heteroatoms. The van der Waals surface area contributed by atoms with E-state index in [1.807, 2.05) is 17.4 Å². The van der Waals surface area contributed by atoms with Crippen LogP contribution in [0.5, 0.6) is 0 Å². The number of hydrogen-bond acceptors (Lipinski definition) is 2. The summed E-state index contributed by atoms with van der Waals surface area (Å²) in [5, 5.41) is 2.61. The van der Waals surface area contributed by atoms with Crippen molar-refractivity contribution < 1.29 is 4.57 Å². The molecule has 0 N–H and O–H groups in total. The van der Waals surface area contributed by atoms with Crippen molar-refractivity contribution in [1.29, 1.82) is 0 Å². The minimum absolute atomic E-state index is 0.0755. The molecule has 2 atom stereocenters. The normalized spacial score (nSPS) is 16.6. The summed E-state index contributed by atoms with van der Waals surface area (Å²) in [6.45, 7) is 14.4. The molecule has 0 aliphatic carbocycles. The van der Waals surface area contributed by atoms with E-state index in [1.165, 1.54) is 98.4 Å². The summed E-state index contributed by atoms with van der Waals surface area (Å²) < 4.78 is 8.00. The van der Waals surface area contributed by atoms with E-state index in [2.05, 4.69) is 207 Å². The maximum Gasteiger partial charge on any atom is 0.296 e. The van der Waals surface area contributed by atoms with Gasteiger partial charge in [-0.05, 0) is 82.3 Å². The zero-order valence-corrected chi connectivity index (χ0v) is 37.4. The number of rotatable bonds is 6. The fourth-order valence-corrected chi connectivity index (χ4v) is 11.8. The first kappa shape index (κ1) is 39.2. The molecule has 9 aromatic rings. The monoisotopic (exact) mass is 834 g/mol. The van der Waals surface area contributed by atoms with Crippen LogP contribution in [0.2, 0.25) is 0 Å². The van der Waals surface area contributed by atoms with Crippen molar-refractivity contribution in [3.8, 4) is 39.3 Å². The van der Waals surface area contributed by atoms with E-state index in [1.54, 1.807) is 0 Å². The van der Waals surface area contributed by atoms with E-state index >= 15 is 0 Å². The Hall–Kier alpha value is -6.62. The number of nitrogens with zero attached hydrogens (tertiary/aromatic N) is 3. The van der Waals surface area contributed by atoms with Crippen molar-refractivity contribution in [2.45, 2.75) is 70.9 Å². The molecule has 0 radical (unpaired) electrons. The van der Waals surface area contributed by atoms with Gasteiger partial charge in [0.05, 0.1) is 22.0 Å². The summed E-state index contributed by atoms with van der Waals surface area (Å²) in [6, 6.07) is 56.7. The van der Waals surface area contributed by atoms with Crippen molar-refractivity contribution >= 4 is 48.3 Å². The number of allylic oxidation sites excluding steroid dienone is 2. The predicted octanol–water partition coefficient (Wildman–Crippen LogP) is 15.2. The van der Waals surface area contributed by atoms with Crippen LogP contribution < -0.4 is 4.57 Å². The number of aromatic nitrogens is 2. The summed E-state index contributed by atoms with van der Waals surface area (Å²) in [5.74, 6) is 2.06. The van der Waals surface area contributed by atoms with Gasteiger partial charge in [0.15, 0.2) is 11.0 Å². The zero-order valence-electron chi connectivity index (χ0n) is 36.6. The summed E-state index contributed by atoms with van der Waals surface area (Å²) in [6.07, 6.45) is 8.44. The first-order chi connectivity index (χ1) is 30.9. The largest absolute Gasteiger partial charge is 0.296 e. The SMILES string of the molecule is C=CC1=NC2C/C=C/Cc3ccc4c(sc5cc(-c6ccc(-c7ccccc7)cc6)ccc54)c3-c3n(-c4c(C(C)C)cccc4C(C)C)c4ccccc4[n+]3CC2c2ccccc21. The highest BCUT2D eigenvalue weighted by atomic mass is 32.1. The Morgan fingerprint density at radius 2 is 1.35 bits per heavy atom. The minimum atomic E-state index is 0.0755. The van der Waals surface area contributed by atoms with Crippen LogP contribution >= 0.6 is 11.3 Å². The van der Waals surface area contributed by atoms with E-state index in [0.717, 1.165) is 25.1 Å². The highest BCUT2D eigenvalue weighted by molar-refractivity contribution is 7.26. The van der Waals surface area contributed by atoms with Gasteiger partial charge in [-0.25, -0.2) is 4.57 Å². The molecule has 4 heterocycles. The molecule has 2 unspecified atom stereocenters. The van der Waals surface area contributed by atoms with Crippen LogP contribution in [-0.2, 0) is 13.0 Å². The van der Waals surface area contributed by atoms with Gasteiger partial charge >= 0.3 is 0 Å². The molecule has 0 spiro atoms. The van der Waals surface area contributed by atoms with Crippen LogP contribution in [0.1, 0.15) is 79.7 Å². The van der Waals surface area contributed by atoms with E-state index in [9.17, 15) is 0 Å². The molecule has 0 bridgehead atoms. The van der Waals surface area contributed by atoms with Gasteiger partial charge in [-0.3, -0.25) is 4.99 Å². The van der Waals surface area contributed by atoms with E-state index in [-0.39, 0.29) is 12.0 Å². The number of aliphatic imine (C=N–C) groups is 1. The Balaban J connectivity index is 1.21. The van der Waals surface area contributed by atoms with Crippen LogP contribution in [0.15, 0.2) is 181 Å². The molecular formula is C59H52N3S+. The molecule has 2 aliphatic rings. The number of para-hydroxylation sites is 3. The van der Waals surface area contributed by atoms with E-state index < -0.39 is 0 Å². The maximum atomic E-state index is 5.47. The molecule has 0 amide bonds. The van der Waals surface area contributed by atoms with Gasteiger partial charge in [0.25, 0.3) is 5.82 Å². The molecule has 63 heavy (non-hydrogen) atoms. The number of fused-ring (bicyclic) bond motifs is 12. The quantitative estimate of drug-likeness (QED) is 0.118. The molecule has 2 aliphatic heterocycles. The Kier molecular flexibility index (Phi) is 9.93. The second-order valence-corrected chi connectivity index (χ2v) is 19.0. The highest BCUT2D eigenvalue weighted by Gasteiger charge is 2.39. The number of imidazole rings is 1. The average molecular weight is 835 g/mol. The first-order valence-electron chi connectivity index (χ1n) is 22.6. The molecule has 11 rings (SSSR count). The van der Waals surface area contributed by atoms with Gasteiger partial charge < -0.3 is 0 Å². The Labute approximate surface area is 375 Å². The van der Waals surface area contributed by atoms with Crippen LogP contribution in [0, 0.1) is 0 Å². The standard InChI is InChI=1S/C59H52N3S/c1-6-51-47-21-12-11-20-46(47)50-36-61-53-25-14-15-26-54(53)62(57-44(37(2)3)22-16-23-45(57)38(4)5)59(61)56-42(19-10-13-24-52(50)60-51)31-34-49-48-33-32-43(35-55(48)63-58(49)56)41-29-27-40(28-30-41)39-17-8-7-9-18-39/h6-18,20-23,25-35,37-38,50,52H,1,19,24,36H2,2-5H3/q+1/b13-10+. The van der Waals surface area contributed by atoms with Gasteiger partial charge in [-0.15, -0.1) is 11.3 Å². The molecule has 2 aromatic heterocycles. The van der Waals surface area contributed by atoms with Gasteiger partial charge in [-0.1, -0.05) is 180 Å². The van der Waals surface area contributed by atoms with Crippen molar-refractivity contribution in [2.24, 2.45) is 4.99 Å². The van der Waals surface area contributed by atoms with Gasteiger partial charge in [0.2, 0.25) is 0 Å². The third-order valence-electron chi connectivity index (χ3n) is 13.6. The third-order valence-corrected chi connectivity index (χ3v) is 14.8. The van der Waals surface area contributed by atoms with Gasteiger partial charge in [0.1, 0.15) is 12.2 Å². The van der Waals surface area contributed by atoms with Crippen LogP contribution in [0.4, 0.5) is 0 Å². The van der Waals surface area contributed by atoms with Crippen LogP contribution in [-0.4, -0.2) is 16.3 Å². The van der Waals surface area contributed by atoms with Gasteiger partial charge in [0, 0.05) is 38.1 Å². The summed E-state index contributed by atoms with van der Waals surface area (Å²) >= 11 is 1.95. The molecule has 3 nitrogen and oxygen atoms in total. The van der Waals surface area contributed by atoms with Crippen molar-refractivity contribution in [3.05, 3.63) is 204 Å². The van der Waals surface area contributed by atoms with Crippen molar-refractivity contribution in [1.82, 2.24) is 4.57 Å². The summed E-state index contributed by atoms with van der Waals surface area (Å²) in [4.78, 5) is 5.47. The fourth-order valence-electron chi connectivity index (χ4n) is 10.5.